The van der Waals surface area contributed by atoms with Gasteiger partial charge < -0.3 is 14.5 Å². The molecule has 3 aromatic carbocycles. The SMILES string of the molecule is CCc1cccc2c(C(=O)COC(=O)c3ccc(OC)c(S(=O)(=O)N(C)Cc4ccccc4)c3)c[nH]c12. The lowest BCUT2D eigenvalue weighted by Gasteiger charge is -2.19. The Morgan fingerprint density at radius 3 is 2.46 bits per heavy atom. The van der Waals surface area contributed by atoms with Crippen molar-refractivity contribution in [2.75, 3.05) is 20.8 Å². The van der Waals surface area contributed by atoms with E-state index in [-0.39, 0.29) is 28.5 Å². The number of Topliss-reactive ketones (excluding diaryl/α,β-unsaturated/α-hetero) is 1. The fraction of sp³-hybridized carbons (Fsp3) is 0.214. The number of aryl methyl sites for hydroxylation is 1. The Bertz CT molecular complexity index is 1540. The maximum atomic E-state index is 13.3. The molecule has 0 saturated carbocycles. The first-order chi connectivity index (χ1) is 17.8. The lowest BCUT2D eigenvalue weighted by atomic mass is 10.1. The molecule has 37 heavy (non-hydrogen) atoms. The van der Waals surface area contributed by atoms with Gasteiger partial charge in [0.05, 0.1) is 12.7 Å². The summed E-state index contributed by atoms with van der Waals surface area (Å²) in [6, 6.07) is 18.9. The largest absolute Gasteiger partial charge is 0.495 e. The number of aromatic nitrogens is 1. The van der Waals surface area contributed by atoms with Crippen LogP contribution in [0.5, 0.6) is 5.75 Å². The number of sulfonamides is 1. The Kier molecular flexibility index (Phi) is 7.75. The molecule has 0 unspecified atom stereocenters. The van der Waals surface area contributed by atoms with Gasteiger partial charge in [0.25, 0.3) is 0 Å². The summed E-state index contributed by atoms with van der Waals surface area (Å²) in [5.41, 5.74) is 3.19. The summed E-state index contributed by atoms with van der Waals surface area (Å²) < 4.78 is 38.4. The number of nitrogens with one attached hydrogen (secondary N) is 1. The van der Waals surface area contributed by atoms with Crippen molar-refractivity contribution in [1.29, 1.82) is 0 Å². The van der Waals surface area contributed by atoms with Crippen LogP contribution in [0.3, 0.4) is 0 Å². The van der Waals surface area contributed by atoms with Crippen molar-refractivity contribution < 1.29 is 27.5 Å². The van der Waals surface area contributed by atoms with Crippen molar-refractivity contribution in [2.45, 2.75) is 24.8 Å². The number of nitrogens with zero attached hydrogens (tertiary/aromatic N) is 1. The van der Waals surface area contributed by atoms with Crippen LogP contribution < -0.4 is 4.74 Å². The van der Waals surface area contributed by atoms with Crippen LogP contribution in [0.1, 0.15) is 38.8 Å². The second-order valence-corrected chi connectivity index (χ2v) is 10.5. The highest BCUT2D eigenvalue weighted by molar-refractivity contribution is 7.89. The third-order valence-electron chi connectivity index (χ3n) is 6.15. The molecular weight excluding hydrogens is 492 g/mol. The van der Waals surface area contributed by atoms with Crippen LogP contribution in [0, 0.1) is 0 Å². The smallest absolute Gasteiger partial charge is 0.338 e. The first-order valence-electron chi connectivity index (χ1n) is 11.7. The Labute approximate surface area is 215 Å². The van der Waals surface area contributed by atoms with E-state index in [9.17, 15) is 18.0 Å². The molecule has 0 aliphatic carbocycles. The monoisotopic (exact) mass is 520 g/mol. The molecule has 0 aliphatic heterocycles. The Morgan fingerprint density at radius 2 is 1.76 bits per heavy atom. The number of aromatic amines is 1. The molecule has 1 N–H and O–H groups in total. The quantitative estimate of drug-likeness (QED) is 0.242. The molecule has 1 heterocycles. The van der Waals surface area contributed by atoms with Crippen LogP contribution in [0.2, 0.25) is 0 Å². The standard InChI is InChI=1S/C28H28N2O6S/c1-4-20-11-8-12-22-23(16-29-27(20)22)24(31)18-36-28(32)21-13-14-25(35-3)26(15-21)37(33,34)30(2)17-19-9-6-5-7-10-19/h5-16,29H,4,17-18H2,1-3H3. The zero-order valence-electron chi connectivity index (χ0n) is 20.9. The van der Waals surface area contributed by atoms with Crippen molar-refractivity contribution in [1.82, 2.24) is 9.29 Å². The predicted octanol–water partition coefficient (Wildman–Crippen LogP) is 4.60. The first-order valence-corrected chi connectivity index (χ1v) is 13.2. The molecule has 4 rings (SSSR count). The fourth-order valence-corrected chi connectivity index (χ4v) is 5.47. The zero-order valence-corrected chi connectivity index (χ0v) is 21.7. The number of para-hydroxylation sites is 1. The number of rotatable bonds is 10. The number of esters is 1. The molecule has 0 fully saturated rings. The molecule has 0 bridgehead atoms. The van der Waals surface area contributed by atoms with Crippen molar-refractivity contribution in [3.05, 3.63) is 95.2 Å². The van der Waals surface area contributed by atoms with Gasteiger partial charge >= 0.3 is 5.97 Å². The highest BCUT2D eigenvalue weighted by Gasteiger charge is 2.27. The van der Waals surface area contributed by atoms with E-state index >= 15 is 0 Å². The summed E-state index contributed by atoms with van der Waals surface area (Å²) in [4.78, 5) is 28.6. The molecule has 0 radical (unpaired) electrons. The van der Waals surface area contributed by atoms with Crippen molar-refractivity contribution in [3.8, 4) is 5.75 Å². The number of carbonyl (C=O) groups excluding carboxylic acids is 2. The topological polar surface area (TPSA) is 106 Å². The Hall–Kier alpha value is -3.95. The van der Waals surface area contributed by atoms with E-state index in [4.69, 9.17) is 9.47 Å². The number of hydrogen-bond acceptors (Lipinski definition) is 6. The van der Waals surface area contributed by atoms with E-state index in [1.54, 1.807) is 6.20 Å². The average molecular weight is 521 g/mol. The van der Waals surface area contributed by atoms with E-state index in [1.807, 2.05) is 55.5 Å². The van der Waals surface area contributed by atoms with E-state index in [0.29, 0.717) is 5.56 Å². The highest BCUT2D eigenvalue weighted by Crippen LogP contribution is 2.29. The van der Waals surface area contributed by atoms with E-state index in [0.717, 1.165) is 28.5 Å². The van der Waals surface area contributed by atoms with Crippen LogP contribution in [0.15, 0.2) is 77.8 Å². The summed E-state index contributed by atoms with van der Waals surface area (Å²) in [7, 11) is -1.19. The van der Waals surface area contributed by atoms with Gasteiger partial charge in [0.15, 0.2) is 6.61 Å². The summed E-state index contributed by atoms with van der Waals surface area (Å²) >= 11 is 0. The number of carbonyl (C=O) groups is 2. The number of benzene rings is 3. The van der Waals surface area contributed by atoms with Crippen molar-refractivity contribution in [3.63, 3.8) is 0 Å². The Balaban J connectivity index is 1.52. The molecule has 9 heteroatoms. The van der Waals surface area contributed by atoms with Crippen LogP contribution in [-0.2, 0) is 27.7 Å². The van der Waals surface area contributed by atoms with Crippen LogP contribution in [0.25, 0.3) is 10.9 Å². The molecule has 192 valence electrons. The fourth-order valence-electron chi connectivity index (χ4n) is 4.13. The zero-order chi connectivity index (χ0) is 26.6. The van der Waals surface area contributed by atoms with Crippen LogP contribution in [-0.4, -0.2) is 50.2 Å². The van der Waals surface area contributed by atoms with Gasteiger partial charge in [0.2, 0.25) is 15.8 Å². The maximum absolute atomic E-state index is 13.3. The number of H-pyrrole nitrogens is 1. The lowest BCUT2D eigenvalue weighted by Crippen LogP contribution is -2.27. The third-order valence-corrected chi connectivity index (χ3v) is 7.98. The van der Waals surface area contributed by atoms with Gasteiger partial charge in [0, 0.05) is 36.3 Å². The highest BCUT2D eigenvalue weighted by atomic mass is 32.2. The lowest BCUT2D eigenvalue weighted by molar-refractivity contribution is 0.0475. The van der Waals surface area contributed by atoms with Crippen molar-refractivity contribution >= 4 is 32.7 Å². The molecule has 0 amide bonds. The number of methoxy groups -OCH3 is 1. The molecule has 4 aromatic rings. The summed E-state index contributed by atoms with van der Waals surface area (Å²) in [6.07, 6.45) is 2.42. The van der Waals surface area contributed by atoms with E-state index < -0.39 is 22.6 Å². The molecule has 1 aromatic heterocycles. The molecule has 0 saturated heterocycles. The number of fused-ring (bicyclic) bond motifs is 1. The van der Waals surface area contributed by atoms with Crippen molar-refractivity contribution in [2.24, 2.45) is 0 Å². The minimum absolute atomic E-state index is 0.00696. The van der Waals surface area contributed by atoms with Gasteiger partial charge in [-0.3, -0.25) is 4.79 Å². The second-order valence-electron chi connectivity index (χ2n) is 8.51. The molecule has 0 spiro atoms. The van der Waals surface area contributed by atoms with Gasteiger partial charge in [0.1, 0.15) is 10.6 Å². The van der Waals surface area contributed by atoms with E-state index in [2.05, 4.69) is 4.98 Å². The first kappa shape index (κ1) is 26.1. The number of ether oxygens (including phenoxy) is 2. The molecular formula is C28H28N2O6S. The minimum atomic E-state index is -4.00. The predicted molar refractivity (Wildman–Crippen MR) is 140 cm³/mol. The van der Waals surface area contributed by atoms with Gasteiger partial charge in [-0.1, -0.05) is 55.5 Å². The van der Waals surface area contributed by atoms with Crippen LogP contribution >= 0.6 is 0 Å². The van der Waals surface area contributed by atoms with Gasteiger partial charge in [-0.2, -0.15) is 4.31 Å². The maximum Gasteiger partial charge on any atom is 0.338 e. The molecule has 0 aliphatic rings. The van der Waals surface area contributed by atoms with Crippen LogP contribution in [0.4, 0.5) is 0 Å². The number of hydrogen-bond donors (Lipinski definition) is 1. The third kappa shape index (κ3) is 5.42. The molecule has 0 atom stereocenters. The summed E-state index contributed by atoms with van der Waals surface area (Å²) in [6.45, 7) is 1.69. The summed E-state index contributed by atoms with van der Waals surface area (Å²) in [5, 5.41) is 0.764. The number of ketones is 1. The van der Waals surface area contributed by atoms with Gasteiger partial charge in [-0.15, -0.1) is 0 Å². The average Bonchev–Trinajstić information content (AvgIpc) is 3.36. The van der Waals surface area contributed by atoms with Gasteiger partial charge in [-0.05, 0) is 35.7 Å². The molecule has 8 nitrogen and oxygen atoms in total. The second kappa shape index (κ2) is 11.0. The van der Waals surface area contributed by atoms with E-state index in [1.165, 1.54) is 36.7 Å². The normalized spacial score (nSPS) is 11.6. The summed E-state index contributed by atoms with van der Waals surface area (Å²) in [5.74, 6) is -1.08. The minimum Gasteiger partial charge on any atom is -0.495 e. The van der Waals surface area contributed by atoms with Gasteiger partial charge in [-0.25, -0.2) is 13.2 Å². The Morgan fingerprint density at radius 1 is 1.00 bits per heavy atom.